The molecule has 1 atom stereocenters. The Balaban J connectivity index is 2.49. The van der Waals surface area contributed by atoms with Gasteiger partial charge in [0.05, 0.1) is 6.04 Å². The number of hydrogen-bond acceptors (Lipinski definition) is 2. The van der Waals surface area contributed by atoms with Crippen molar-refractivity contribution in [1.82, 2.24) is 5.32 Å². The molecule has 0 fully saturated rings. The van der Waals surface area contributed by atoms with E-state index in [-0.39, 0.29) is 11.9 Å². The summed E-state index contributed by atoms with van der Waals surface area (Å²) in [5, 5.41) is 5.17. The highest BCUT2D eigenvalue weighted by Gasteiger charge is 2.19. The highest BCUT2D eigenvalue weighted by Crippen LogP contribution is 2.34. The first-order valence-corrected chi connectivity index (χ1v) is 6.97. The van der Waals surface area contributed by atoms with Crippen molar-refractivity contribution in [3.05, 3.63) is 55.9 Å². The van der Waals surface area contributed by atoms with Crippen LogP contribution >= 0.6 is 27.3 Å². The number of rotatable bonds is 3. The Kier molecular flexibility index (Phi) is 3.97. The van der Waals surface area contributed by atoms with Gasteiger partial charge in [-0.2, -0.15) is 0 Å². The quantitative estimate of drug-likeness (QED) is 0.892. The van der Waals surface area contributed by atoms with Crippen LogP contribution in [0.15, 0.2) is 34.1 Å². The molecule has 1 aromatic carbocycles. The first kappa shape index (κ1) is 12.7. The maximum Gasteiger partial charge on any atom is 0.128 e. The second-order valence-corrected chi connectivity index (χ2v) is 5.68. The predicted octanol–water partition coefficient (Wildman–Crippen LogP) is 4.27. The third-order valence-corrected chi connectivity index (χ3v) is 4.59. The van der Waals surface area contributed by atoms with E-state index in [0.29, 0.717) is 5.56 Å². The van der Waals surface area contributed by atoms with Gasteiger partial charge in [-0.05, 0) is 47.4 Å². The zero-order valence-corrected chi connectivity index (χ0v) is 12.0. The van der Waals surface area contributed by atoms with Gasteiger partial charge in [0.2, 0.25) is 0 Å². The normalized spacial score (nSPS) is 12.7. The average molecular weight is 314 g/mol. The van der Waals surface area contributed by atoms with Gasteiger partial charge in [0.25, 0.3) is 0 Å². The molecule has 2 rings (SSSR count). The lowest BCUT2D eigenvalue weighted by molar-refractivity contribution is 0.578. The number of hydrogen-bond donors (Lipinski definition) is 1. The molecule has 2 aromatic rings. The molecule has 1 heterocycles. The largest absolute Gasteiger partial charge is 0.309 e. The Morgan fingerprint density at radius 3 is 2.71 bits per heavy atom. The summed E-state index contributed by atoms with van der Waals surface area (Å²) in [6, 6.07) is 7.08. The second kappa shape index (κ2) is 5.29. The summed E-state index contributed by atoms with van der Waals surface area (Å²) in [7, 11) is 1.85. The van der Waals surface area contributed by atoms with Crippen LogP contribution in [-0.2, 0) is 0 Å². The number of aryl methyl sites for hydroxylation is 1. The molecule has 1 aromatic heterocycles. The highest BCUT2D eigenvalue weighted by molar-refractivity contribution is 9.10. The van der Waals surface area contributed by atoms with E-state index in [9.17, 15) is 4.39 Å². The number of thiophene rings is 1. The second-order valence-electron chi connectivity index (χ2n) is 3.88. The van der Waals surface area contributed by atoms with Crippen LogP contribution in [0.1, 0.15) is 22.0 Å². The van der Waals surface area contributed by atoms with Crippen molar-refractivity contribution >= 4 is 27.3 Å². The van der Waals surface area contributed by atoms with Crippen molar-refractivity contribution in [3.8, 4) is 0 Å². The van der Waals surface area contributed by atoms with Crippen LogP contribution in [-0.4, -0.2) is 7.05 Å². The van der Waals surface area contributed by atoms with Crippen LogP contribution < -0.4 is 5.32 Å². The molecule has 1 unspecified atom stereocenters. The molecule has 1 nitrogen and oxygen atoms in total. The highest BCUT2D eigenvalue weighted by atomic mass is 79.9. The zero-order valence-electron chi connectivity index (χ0n) is 9.63. The fourth-order valence-corrected chi connectivity index (χ4v) is 3.55. The molecule has 0 aliphatic heterocycles. The van der Waals surface area contributed by atoms with Crippen molar-refractivity contribution in [3.63, 3.8) is 0 Å². The Hall–Kier alpha value is -0.710. The Bertz CT molecular complexity index is 524. The molecule has 0 amide bonds. The molecule has 90 valence electrons. The standard InChI is InChI=1S/C13H13BrFNS/c1-8-3-4-11(15)9(7-8)12(16-2)13-10(14)5-6-17-13/h3-7,12,16H,1-2H3. The van der Waals surface area contributed by atoms with E-state index in [0.717, 1.165) is 14.9 Å². The average Bonchev–Trinajstić information content (AvgIpc) is 2.71. The number of halogens is 2. The Labute approximate surface area is 113 Å². The van der Waals surface area contributed by atoms with E-state index in [1.165, 1.54) is 6.07 Å². The van der Waals surface area contributed by atoms with E-state index < -0.39 is 0 Å². The van der Waals surface area contributed by atoms with Gasteiger partial charge in [-0.1, -0.05) is 17.7 Å². The maximum absolute atomic E-state index is 13.9. The lowest BCUT2D eigenvalue weighted by Crippen LogP contribution is -2.18. The van der Waals surface area contributed by atoms with Crippen LogP contribution in [0, 0.1) is 12.7 Å². The van der Waals surface area contributed by atoms with Gasteiger partial charge >= 0.3 is 0 Å². The lowest BCUT2D eigenvalue weighted by atomic mass is 10.0. The summed E-state index contributed by atoms with van der Waals surface area (Å²) in [6.45, 7) is 1.97. The zero-order chi connectivity index (χ0) is 12.4. The molecular formula is C13H13BrFNS. The molecule has 0 saturated heterocycles. The number of benzene rings is 1. The minimum absolute atomic E-state index is 0.107. The Morgan fingerprint density at radius 2 is 2.12 bits per heavy atom. The van der Waals surface area contributed by atoms with Crippen molar-refractivity contribution in [2.24, 2.45) is 0 Å². The molecule has 0 aliphatic carbocycles. The van der Waals surface area contributed by atoms with Gasteiger partial charge in [-0.15, -0.1) is 11.3 Å². The van der Waals surface area contributed by atoms with E-state index in [1.807, 2.05) is 31.5 Å². The van der Waals surface area contributed by atoms with E-state index in [2.05, 4.69) is 21.2 Å². The van der Waals surface area contributed by atoms with E-state index in [1.54, 1.807) is 17.4 Å². The van der Waals surface area contributed by atoms with Crippen LogP contribution in [0.2, 0.25) is 0 Å². The summed E-state index contributed by atoms with van der Waals surface area (Å²) in [5.41, 5.74) is 1.75. The molecule has 17 heavy (non-hydrogen) atoms. The molecular weight excluding hydrogens is 301 g/mol. The lowest BCUT2D eigenvalue weighted by Gasteiger charge is -2.17. The molecule has 4 heteroatoms. The third kappa shape index (κ3) is 2.59. The van der Waals surface area contributed by atoms with Gasteiger partial charge in [-0.25, -0.2) is 4.39 Å². The van der Waals surface area contributed by atoms with Gasteiger partial charge in [0, 0.05) is 14.9 Å². The SMILES string of the molecule is CNC(c1cc(C)ccc1F)c1sccc1Br. The minimum Gasteiger partial charge on any atom is -0.309 e. The fourth-order valence-electron chi connectivity index (χ4n) is 1.82. The molecule has 0 aliphatic rings. The number of nitrogens with one attached hydrogen (secondary N) is 1. The van der Waals surface area contributed by atoms with Gasteiger partial charge in [-0.3, -0.25) is 0 Å². The molecule has 1 N–H and O–H groups in total. The van der Waals surface area contributed by atoms with Crippen molar-refractivity contribution < 1.29 is 4.39 Å². The van der Waals surface area contributed by atoms with E-state index in [4.69, 9.17) is 0 Å². The van der Waals surface area contributed by atoms with Gasteiger partial charge < -0.3 is 5.32 Å². The first-order valence-electron chi connectivity index (χ1n) is 5.29. The molecule has 0 saturated carbocycles. The monoisotopic (exact) mass is 313 g/mol. The third-order valence-electron chi connectivity index (χ3n) is 2.66. The van der Waals surface area contributed by atoms with Crippen molar-refractivity contribution in [2.75, 3.05) is 7.05 Å². The van der Waals surface area contributed by atoms with Crippen LogP contribution in [0.5, 0.6) is 0 Å². The molecule has 0 spiro atoms. The smallest absolute Gasteiger partial charge is 0.128 e. The Morgan fingerprint density at radius 1 is 1.35 bits per heavy atom. The van der Waals surface area contributed by atoms with Crippen LogP contribution in [0.3, 0.4) is 0 Å². The van der Waals surface area contributed by atoms with Crippen LogP contribution in [0.25, 0.3) is 0 Å². The summed E-state index contributed by atoms with van der Waals surface area (Å²) in [6.07, 6.45) is 0. The first-order chi connectivity index (χ1) is 8.13. The van der Waals surface area contributed by atoms with Gasteiger partial charge in [0.15, 0.2) is 0 Å². The summed E-state index contributed by atoms with van der Waals surface area (Å²) < 4.78 is 14.9. The maximum atomic E-state index is 13.9. The summed E-state index contributed by atoms with van der Waals surface area (Å²) in [4.78, 5) is 1.09. The van der Waals surface area contributed by atoms with Crippen molar-refractivity contribution in [2.45, 2.75) is 13.0 Å². The molecule has 0 radical (unpaired) electrons. The fraction of sp³-hybridized carbons (Fsp3) is 0.231. The summed E-state index contributed by atoms with van der Waals surface area (Å²) >= 11 is 5.11. The topological polar surface area (TPSA) is 12.0 Å². The van der Waals surface area contributed by atoms with Crippen molar-refractivity contribution in [1.29, 1.82) is 0 Å². The predicted molar refractivity (Wildman–Crippen MR) is 74.1 cm³/mol. The van der Waals surface area contributed by atoms with Gasteiger partial charge in [0.1, 0.15) is 5.82 Å². The summed E-state index contributed by atoms with van der Waals surface area (Å²) in [5.74, 6) is -0.171. The van der Waals surface area contributed by atoms with Crippen LogP contribution in [0.4, 0.5) is 4.39 Å². The van der Waals surface area contributed by atoms with E-state index >= 15 is 0 Å². The molecule has 0 bridgehead atoms. The minimum atomic E-state index is -0.171.